The lowest BCUT2D eigenvalue weighted by Gasteiger charge is -2.15. The van der Waals surface area contributed by atoms with Crippen molar-refractivity contribution in [2.24, 2.45) is 5.92 Å². The molecule has 0 amide bonds. The summed E-state index contributed by atoms with van der Waals surface area (Å²) in [5.74, 6) is 0.238. The number of aliphatic hydroxyl groups excluding tert-OH is 1. The Morgan fingerprint density at radius 3 is 2.75 bits per heavy atom. The summed E-state index contributed by atoms with van der Waals surface area (Å²) in [6, 6.07) is 0. The highest BCUT2D eigenvalue weighted by molar-refractivity contribution is 4.99. The van der Waals surface area contributed by atoms with Crippen LogP contribution in [0.15, 0.2) is 18.6 Å². The highest BCUT2D eigenvalue weighted by atomic mass is 16.3. The molecule has 0 saturated heterocycles. The molecule has 0 aliphatic rings. The molecular formula is C9H14N2O. The molecule has 0 spiro atoms. The zero-order valence-electron chi connectivity index (χ0n) is 7.44. The van der Waals surface area contributed by atoms with Gasteiger partial charge in [-0.1, -0.05) is 20.3 Å². The standard InChI is InChI=1S/C9H14N2O/c1-3-7(2)9(12)8-6-10-4-5-11-8/h4-7,9,12H,3H2,1-2H3. The summed E-state index contributed by atoms with van der Waals surface area (Å²) in [5.41, 5.74) is 0.659. The molecule has 0 aliphatic heterocycles. The molecule has 1 aromatic rings. The fourth-order valence-electron chi connectivity index (χ4n) is 0.978. The normalized spacial score (nSPS) is 15.6. The van der Waals surface area contributed by atoms with Crippen molar-refractivity contribution in [1.82, 2.24) is 9.97 Å². The minimum Gasteiger partial charge on any atom is -0.386 e. The van der Waals surface area contributed by atoms with Gasteiger partial charge in [0.1, 0.15) is 6.10 Å². The quantitative estimate of drug-likeness (QED) is 0.741. The van der Waals surface area contributed by atoms with Crippen LogP contribution in [0.2, 0.25) is 0 Å². The van der Waals surface area contributed by atoms with Crippen molar-refractivity contribution >= 4 is 0 Å². The van der Waals surface area contributed by atoms with Crippen LogP contribution in [0.4, 0.5) is 0 Å². The van der Waals surface area contributed by atoms with Crippen LogP contribution < -0.4 is 0 Å². The number of aromatic nitrogens is 2. The summed E-state index contributed by atoms with van der Waals surface area (Å²) in [6.07, 6.45) is 5.27. The van der Waals surface area contributed by atoms with Crippen molar-refractivity contribution in [1.29, 1.82) is 0 Å². The molecule has 0 radical (unpaired) electrons. The van der Waals surface area contributed by atoms with Gasteiger partial charge in [0.25, 0.3) is 0 Å². The van der Waals surface area contributed by atoms with E-state index in [2.05, 4.69) is 9.97 Å². The predicted octanol–water partition coefficient (Wildman–Crippen LogP) is 1.56. The minimum atomic E-state index is -0.483. The van der Waals surface area contributed by atoms with Gasteiger partial charge in [-0.05, 0) is 5.92 Å². The minimum absolute atomic E-state index is 0.238. The lowest BCUT2D eigenvalue weighted by atomic mass is 10.00. The van der Waals surface area contributed by atoms with E-state index in [0.717, 1.165) is 6.42 Å². The molecular weight excluding hydrogens is 152 g/mol. The van der Waals surface area contributed by atoms with Crippen LogP contribution in [-0.4, -0.2) is 15.1 Å². The number of aliphatic hydroxyl groups is 1. The van der Waals surface area contributed by atoms with Crippen LogP contribution in [0, 0.1) is 5.92 Å². The van der Waals surface area contributed by atoms with Gasteiger partial charge >= 0.3 is 0 Å². The lowest BCUT2D eigenvalue weighted by molar-refractivity contribution is 0.111. The van der Waals surface area contributed by atoms with E-state index in [0.29, 0.717) is 5.69 Å². The molecule has 0 fully saturated rings. The lowest BCUT2D eigenvalue weighted by Crippen LogP contribution is -2.09. The molecule has 0 aliphatic carbocycles. The zero-order valence-corrected chi connectivity index (χ0v) is 7.44. The van der Waals surface area contributed by atoms with E-state index in [1.54, 1.807) is 18.6 Å². The van der Waals surface area contributed by atoms with Gasteiger partial charge in [-0.15, -0.1) is 0 Å². The first-order chi connectivity index (χ1) is 5.75. The molecule has 0 bridgehead atoms. The fourth-order valence-corrected chi connectivity index (χ4v) is 0.978. The van der Waals surface area contributed by atoms with Crippen molar-refractivity contribution in [3.05, 3.63) is 24.3 Å². The largest absolute Gasteiger partial charge is 0.386 e. The highest BCUT2D eigenvalue weighted by Crippen LogP contribution is 2.20. The van der Waals surface area contributed by atoms with E-state index >= 15 is 0 Å². The second kappa shape index (κ2) is 4.16. The van der Waals surface area contributed by atoms with E-state index in [9.17, 15) is 5.11 Å². The average Bonchev–Trinajstić information content (AvgIpc) is 2.17. The van der Waals surface area contributed by atoms with Crippen LogP contribution >= 0.6 is 0 Å². The molecule has 1 rings (SSSR count). The first-order valence-corrected chi connectivity index (χ1v) is 4.19. The van der Waals surface area contributed by atoms with Gasteiger partial charge in [0, 0.05) is 12.4 Å². The third-order valence-electron chi connectivity index (χ3n) is 2.07. The number of hydrogen-bond acceptors (Lipinski definition) is 3. The Balaban J connectivity index is 2.71. The smallest absolute Gasteiger partial charge is 0.100 e. The Morgan fingerprint density at radius 2 is 2.25 bits per heavy atom. The van der Waals surface area contributed by atoms with Gasteiger partial charge < -0.3 is 5.11 Å². The Hall–Kier alpha value is -0.960. The van der Waals surface area contributed by atoms with E-state index < -0.39 is 6.10 Å². The molecule has 3 heteroatoms. The van der Waals surface area contributed by atoms with Crippen molar-refractivity contribution in [3.8, 4) is 0 Å². The Morgan fingerprint density at radius 1 is 1.50 bits per heavy atom. The molecule has 3 nitrogen and oxygen atoms in total. The first-order valence-electron chi connectivity index (χ1n) is 4.19. The number of rotatable bonds is 3. The molecule has 1 aromatic heterocycles. The van der Waals surface area contributed by atoms with Crippen LogP contribution in [0.1, 0.15) is 32.1 Å². The van der Waals surface area contributed by atoms with Crippen LogP contribution in [-0.2, 0) is 0 Å². The average molecular weight is 166 g/mol. The summed E-state index contributed by atoms with van der Waals surface area (Å²) in [7, 11) is 0. The monoisotopic (exact) mass is 166 g/mol. The Labute approximate surface area is 72.5 Å². The summed E-state index contributed by atoms with van der Waals surface area (Å²) >= 11 is 0. The molecule has 0 saturated carbocycles. The maximum Gasteiger partial charge on any atom is 0.100 e. The summed E-state index contributed by atoms with van der Waals surface area (Å²) < 4.78 is 0. The second-order valence-corrected chi connectivity index (χ2v) is 2.96. The molecule has 1 N–H and O–H groups in total. The first kappa shape index (κ1) is 9.13. The van der Waals surface area contributed by atoms with E-state index in [1.165, 1.54) is 0 Å². The number of hydrogen-bond donors (Lipinski definition) is 1. The summed E-state index contributed by atoms with van der Waals surface area (Å²) in [4.78, 5) is 7.94. The van der Waals surface area contributed by atoms with Crippen molar-refractivity contribution in [2.75, 3.05) is 0 Å². The Kier molecular flexibility index (Phi) is 3.17. The SMILES string of the molecule is CCC(C)C(O)c1cnccn1. The summed E-state index contributed by atoms with van der Waals surface area (Å²) in [6.45, 7) is 4.05. The zero-order chi connectivity index (χ0) is 8.97. The van der Waals surface area contributed by atoms with E-state index in [-0.39, 0.29) is 5.92 Å². The van der Waals surface area contributed by atoms with Gasteiger partial charge in [0.05, 0.1) is 11.9 Å². The van der Waals surface area contributed by atoms with Gasteiger partial charge in [-0.2, -0.15) is 0 Å². The number of nitrogens with zero attached hydrogens (tertiary/aromatic N) is 2. The van der Waals surface area contributed by atoms with Crippen LogP contribution in [0.25, 0.3) is 0 Å². The van der Waals surface area contributed by atoms with Crippen LogP contribution in [0.5, 0.6) is 0 Å². The molecule has 2 unspecified atom stereocenters. The van der Waals surface area contributed by atoms with Crippen LogP contribution in [0.3, 0.4) is 0 Å². The van der Waals surface area contributed by atoms with Crippen molar-refractivity contribution in [2.45, 2.75) is 26.4 Å². The topological polar surface area (TPSA) is 46.0 Å². The van der Waals surface area contributed by atoms with Gasteiger partial charge in [0.2, 0.25) is 0 Å². The van der Waals surface area contributed by atoms with E-state index in [1.807, 2.05) is 13.8 Å². The third kappa shape index (κ3) is 2.01. The highest BCUT2D eigenvalue weighted by Gasteiger charge is 2.15. The molecule has 0 aromatic carbocycles. The molecule has 2 atom stereocenters. The third-order valence-corrected chi connectivity index (χ3v) is 2.07. The Bertz CT molecular complexity index is 225. The maximum atomic E-state index is 9.69. The second-order valence-electron chi connectivity index (χ2n) is 2.96. The fraction of sp³-hybridized carbons (Fsp3) is 0.556. The molecule has 66 valence electrons. The predicted molar refractivity (Wildman–Crippen MR) is 46.4 cm³/mol. The van der Waals surface area contributed by atoms with Gasteiger partial charge in [-0.25, -0.2) is 0 Å². The van der Waals surface area contributed by atoms with Gasteiger partial charge in [0.15, 0.2) is 0 Å². The molecule has 1 heterocycles. The van der Waals surface area contributed by atoms with Gasteiger partial charge in [-0.3, -0.25) is 9.97 Å². The maximum absolute atomic E-state index is 9.69. The molecule has 12 heavy (non-hydrogen) atoms. The van der Waals surface area contributed by atoms with Crippen molar-refractivity contribution in [3.63, 3.8) is 0 Å². The van der Waals surface area contributed by atoms with E-state index in [4.69, 9.17) is 0 Å². The van der Waals surface area contributed by atoms with Crippen molar-refractivity contribution < 1.29 is 5.11 Å². The summed E-state index contributed by atoms with van der Waals surface area (Å²) in [5, 5.41) is 9.69.